The van der Waals surface area contributed by atoms with Crippen molar-refractivity contribution in [1.82, 2.24) is 9.78 Å². The largest absolute Gasteiger partial charge is 0.497 e. The zero-order valence-electron chi connectivity index (χ0n) is 11.0. The van der Waals surface area contributed by atoms with Crippen LogP contribution in [0.4, 0.5) is 5.69 Å². The number of nitrogens with zero attached hydrogens (tertiary/aromatic N) is 2. The molecule has 0 aliphatic heterocycles. The molecular weight excluding hydrogens is 230 g/mol. The Hall–Kier alpha value is -2.17. The van der Waals surface area contributed by atoms with Gasteiger partial charge in [0.05, 0.1) is 18.5 Å². The van der Waals surface area contributed by atoms with Crippen LogP contribution in [0.5, 0.6) is 17.2 Å². The molecule has 0 aliphatic carbocycles. The van der Waals surface area contributed by atoms with E-state index in [1.165, 1.54) is 0 Å². The van der Waals surface area contributed by atoms with Crippen molar-refractivity contribution < 1.29 is 9.47 Å². The van der Waals surface area contributed by atoms with Crippen LogP contribution in [0.1, 0.15) is 11.4 Å². The molecule has 2 rings (SSSR count). The van der Waals surface area contributed by atoms with Gasteiger partial charge in [-0.15, -0.1) is 0 Å². The van der Waals surface area contributed by atoms with E-state index in [2.05, 4.69) is 5.10 Å². The van der Waals surface area contributed by atoms with Crippen molar-refractivity contribution in [3.8, 4) is 17.2 Å². The molecule has 1 aromatic heterocycles. The summed E-state index contributed by atoms with van der Waals surface area (Å²) in [6.07, 6.45) is 0. The third-order valence-corrected chi connectivity index (χ3v) is 2.88. The molecular formula is C13H17N3O2. The van der Waals surface area contributed by atoms with Gasteiger partial charge < -0.3 is 15.2 Å². The van der Waals surface area contributed by atoms with Crippen molar-refractivity contribution in [3.05, 3.63) is 29.6 Å². The molecule has 0 bridgehead atoms. The number of rotatable bonds is 3. The number of nitrogens with two attached hydrogens (primary N) is 1. The third-order valence-electron chi connectivity index (χ3n) is 2.88. The fourth-order valence-corrected chi connectivity index (χ4v) is 1.74. The Bertz CT molecular complexity index is 576. The van der Waals surface area contributed by atoms with E-state index in [9.17, 15) is 0 Å². The maximum absolute atomic E-state index is 5.89. The number of nitrogen functional groups attached to an aromatic ring is 1. The van der Waals surface area contributed by atoms with E-state index in [0.717, 1.165) is 17.1 Å². The lowest BCUT2D eigenvalue weighted by Crippen LogP contribution is -1.95. The topological polar surface area (TPSA) is 62.3 Å². The van der Waals surface area contributed by atoms with Gasteiger partial charge in [0.1, 0.15) is 11.4 Å². The van der Waals surface area contributed by atoms with E-state index in [4.69, 9.17) is 15.2 Å². The maximum Gasteiger partial charge on any atom is 0.171 e. The molecule has 1 aromatic carbocycles. The predicted octanol–water partition coefficient (Wildman–Crippen LogP) is 2.42. The molecule has 0 unspecified atom stereocenters. The summed E-state index contributed by atoms with van der Waals surface area (Å²) in [4.78, 5) is 0. The van der Waals surface area contributed by atoms with Crippen LogP contribution in [-0.2, 0) is 7.05 Å². The Morgan fingerprint density at radius 2 is 2.00 bits per heavy atom. The van der Waals surface area contributed by atoms with E-state index in [0.29, 0.717) is 17.2 Å². The van der Waals surface area contributed by atoms with Crippen molar-refractivity contribution in [3.63, 3.8) is 0 Å². The van der Waals surface area contributed by atoms with Crippen LogP contribution in [0, 0.1) is 13.8 Å². The van der Waals surface area contributed by atoms with Crippen molar-refractivity contribution in [2.24, 2.45) is 7.05 Å². The van der Waals surface area contributed by atoms with Gasteiger partial charge in [0.25, 0.3) is 0 Å². The molecule has 0 saturated heterocycles. The van der Waals surface area contributed by atoms with Gasteiger partial charge in [-0.3, -0.25) is 4.68 Å². The minimum absolute atomic E-state index is 0.568. The van der Waals surface area contributed by atoms with E-state index in [1.54, 1.807) is 30.0 Å². The van der Waals surface area contributed by atoms with Gasteiger partial charge in [-0.25, -0.2) is 0 Å². The first kappa shape index (κ1) is 12.3. The van der Waals surface area contributed by atoms with Crippen LogP contribution >= 0.6 is 0 Å². The summed E-state index contributed by atoms with van der Waals surface area (Å²) in [5, 5.41) is 4.30. The summed E-state index contributed by atoms with van der Waals surface area (Å²) in [6.45, 7) is 3.85. The molecule has 5 heteroatoms. The normalized spacial score (nSPS) is 10.4. The monoisotopic (exact) mass is 247 g/mol. The summed E-state index contributed by atoms with van der Waals surface area (Å²) in [5.74, 6) is 2.02. The summed E-state index contributed by atoms with van der Waals surface area (Å²) < 4.78 is 12.8. The molecule has 0 fully saturated rings. The number of benzene rings is 1. The highest BCUT2D eigenvalue weighted by molar-refractivity contribution is 5.57. The summed E-state index contributed by atoms with van der Waals surface area (Å²) in [7, 11) is 3.49. The molecule has 2 aromatic rings. The molecule has 0 aliphatic rings. The molecule has 2 N–H and O–H groups in total. The predicted molar refractivity (Wildman–Crippen MR) is 70.2 cm³/mol. The van der Waals surface area contributed by atoms with Gasteiger partial charge in [0.15, 0.2) is 11.5 Å². The van der Waals surface area contributed by atoms with Crippen LogP contribution in [0.25, 0.3) is 0 Å². The molecule has 0 atom stereocenters. The molecule has 1 heterocycles. The number of hydrogen-bond acceptors (Lipinski definition) is 4. The van der Waals surface area contributed by atoms with Gasteiger partial charge in [-0.05, 0) is 26.0 Å². The van der Waals surface area contributed by atoms with Crippen LogP contribution in [-0.4, -0.2) is 16.9 Å². The van der Waals surface area contributed by atoms with Crippen molar-refractivity contribution in [1.29, 1.82) is 0 Å². The third kappa shape index (κ3) is 2.11. The second-order valence-electron chi connectivity index (χ2n) is 4.13. The van der Waals surface area contributed by atoms with Crippen LogP contribution in [0.3, 0.4) is 0 Å². The highest BCUT2D eigenvalue weighted by Crippen LogP contribution is 2.34. The lowest BCUT2D eigenvalue weighted by atomic mass is 10.2. The molecule has 0 saturated carbocycles. The fraction of sp³-hybridized carbons (Fsp3) is 0.308. The number of hydrogen-bond donors (Lipinski definition) is 1. The standard InChI is InChI=1S/C13H17N3O2/c1-8-13(9(2)16(3)15-8)18-12-7-10(17-4)5-6-11(12)14/h5-7H,14H2,1-4H3. The smallest absolute Gasteiger partial charge is 0.171 e. The molecule has 0 amide bonds. The van der Waals surface area contributed by atoms with Crippen LogP contribution < -0.4 is 15.2 Å². The minimum atomic E-state index is 0.568. The molecule has 5 nitrogen and oxygen atoms in total. The van der Waals surface area contributed by atoms with Gasteiger partial charge in [0, 0.05) is 13.1 Å². The molecule has 0 spiro atoms. The number of anilines is 1. The van der Waals surface area contributed by atoms with Crippen molar-refractivity contribution in [2.45, 2.75) is 13.8 Å². The van der Waals surface area contributed by atoms with Gasteiger partial charge >= 0.3 is 0 Å². The van der Waals surface area contributed by atoms with Crippen LogP contribution in [0.15, 0.2) is 18.2 Å². The number of aromatic nitrogens is 2. The van der Waals surface area contributed by atoms with Gasteiger partial charge in [-0.2, -0.15) is 5.10 Å². The first-order chi connectivity index (χ1) is 8.52. The first-order valence-electron chi connectivity index (χ1n) is 5.64. The van der Waals surface area contributed by atoms with Crippen LogP contribution in [0.2, 0.25) is 0 Å². The Morgan fingerprint density at radius 3 is 2.56 bits per heavy atom. The van der Waals surface area contributed by atoms with Gasteiger partial charge in [-0.1, -0.05) is 0 Å². The number of methoxy groups -OCH3 is 1. The SMILES string of the molecule is COc1ccc(N)c(Oc2c(C)nn(C)c2C)c1. The highest BCUT2D eigenvalue weighted by atomic mass is 16.5. The van der Waals surface area contributed by atoms with E-state index < -0.39 is 0 Å². The van der Waals surface area contributed by atoms with E-state index in [1.807, 2.05) is 20.9 Å². The van der Waals surface area contributed by atoms with Crippen molar-refractivity contribution >= 4 is 5.69 Å². The minimum Gasteiger partial charge on any atom is -0.497 e. The zero-order chi connectivity index (χ0) is 13.3. The second-order valence-corrected chi connectivity index (χ2v) is 4.13. The van der Waals surface area contributed by atoms with E-state index in [-0.39, 0.29) is 0 Å². The maximum atomic E-state index is 5.89. The molecule has 0 radical (unpaired) electrons. The quantitative estimate of drug-likeness (QED) is 0.846. The number of aryl methyl sites for hydroxylation is 2. The van der Waals surface area contributed by atoms with Crippen molar-refractivity contribution in [2.75, 3.05) is 12.8 Å². The second kappa shape index (κ2) is 4.60. The summed E-state index contributed by atoms with van der Waals surface area (Å²) >= 11 is 0. The Kier molecular flexibility index (Phi) is 3.14. The average Bonchev–Trinajstić information content (AvgIpc) is 2.58. The Labute approximate surface area is 106 Å². The Morgan fingerprint density at radius 1 is 1.28 bits per heavy atom. The lowest BCUT2D eigenvalue weighted by molar-refractivity contribution is 0.409. The molecule has 96 valence electrons. The highest BCUT2D eigenvalue weighted by Gasteiger charge is 2.13. The fourth-order valence-electron chi connectivity index (χ4n) is 1.74. The number of ether oxygens (including phenoxy) is 2. The summed E-state index contributed by atoms with van der Waals surface area (Å²) in [5.41, 5.74) is 8.24. The first-order valence-corrected chi connectivity index (χ1v) is 5.64. The Balaban J connectivity index is 2.39. The average molecular weight is 247 g/mol. The zero-order valence-corrected chi connectivity index (χ0v) is 11.0. The van der Waals surface area contributed by atoms with E-state index >= 15 is 0 Å². The lowest BCUT2D eigenvalue weighted by Gasteiger charge is -2.10. The van der Waals surface area contributed by atoms with Gasteiger partial charge in [0.2, 0.25) is 0 Å². The summed E-state index contributed by atoms with van der Waals surface area (Å²) in [6, 6.07) is 5.32. The molecule has 18 heavy (non-hydrogen) atoms.